The standard InChI is InChI=1S/C9H6FNO4/c10-4-1-2-5-6(3-4)15-8(11-5)7(12)9(13)14/h1-3,7,12H,(H,13,14). The highest BCUT2D eigenvalue weighted by Crippen LogP contribution is 2.20. The summed E-state index contributed by atoms with van der Waals surface area (Å²) in [6, 6.07) is 3.58. The van der Waals surface area contributed by atoms with Crippen LogP contribution in [0.1, 0.15) is 12.0 Å². The highest BCUT2D eigenvalue weighted by atomic mass is 19.1. The van der Waals surface area contributed by atoms with Crippen LogP contribution in [-0.2, 0) is 4.79 Å². The third-order valence-corrected chi connectivity index (χ3v) is 1.83. The molecule has 0 saturated carbocycles. The van der Waals surface area contributed by atoms with Gasteiger partial charge in [0.15, 0.2) is 5.58 Å². The van der Waals surface area contributed by atoms with Crippen LogP contribution in [0.15, 0.2) is 22.6 Å². The summed E-state index contributed by atoms with van der Waals surface area (Å²) in [7, 11) is 0. The molecule has 0 fully saturated rings. The molecule has 0 radical (unpaired) electrons. The Morgan fingerprint density at radius 3 is 2.93 bits per heavy atom. The fourth-order valence-corrected chi connectivity index (χ4v) is 1.14. The minimum Gasteiger partial charge on any atom is -0.479 e. The van der Waals surface area contributed by atoms with Crippen LogP contribution in [0.3, 0.4) is 0 Å². The molecule has 0 bridgehead atoms. The van der Waals surface area contributed by atoms with E-state index < -0.39 is 17.9 Å². The number of oxazole rings is 1. The van der Waals surface area contributed by atoms with Crippen LogP contribution < -0.4 is 0 Å². The number of rotatable bonds is 2. The largest absolute Gasteiger partial charge is 0.479 e. The number of benzene rings is 1. The lowest BCUT2D eigenvalue weighted by Crippen LogP contribution is -2.10. The third kappa shape index (κ3) is 1.66. The van der Waals surface area contributed by atoms with E-state index in [-0.39, 0.29) is 11.5 Å². The summed E-state index contributed by atoms with van der Waals surface area (Å²) < 4.78 is 17.6. The molecule has 15 heavy (non-hydrogen) atoms. The van der Waals surface area contributed by atoms with Gasteiger partial charge in [-0.3, -0.25) is 0 Å². The smallest absolute Gasteiger partial charge is 0.342 e. The van der Waals surface area contributed by atoms with Gasteiger partial charge < -0.3 is 14.6 Å². The van der Waals surface area contributed by atoms with Gasteiger partial charge in [0.1, 0.15) is 11.3 Å². The Balaban J connectivity index is 2.51. The van der Waals surface area contributed by atoms with Gasteiger partial charge in [-0.15, -0.1) is 0 Å². The lowest BCUT2D eigenvalue weighted by atomic mass is 10.3. The summed E-state index contributed by atoms with van der Waals surface area (Å²) in [5.41, 5.74) is 0.400. The van der Waals surface area contributed by atoms with E-state index in [9.17, 15) is 9.18 Å². The van der Waals surface area contributed by atoms with E-state index in [0.717, 1.165) is 6.07 Å². The minimum atomic E-state index is -1.83. The van der Waals surface area contributed by atoms with Crippen molar-refractivity contribution in [1.29, 1.82) is 0 Å². The predicted molar refractivity (Wildman–Crippen MR) is 46.6 cm³/mol. The third-order valence-electron chi connectivity index (χ3n) is 1.83. The Kier molecular flexibility index (Phi) is 2.12. The Hall–Kier alpha value is -1.95. The molecule has 1 unspecified atom stereocenters. The van der Waals surface area contributed by atoms with Gasteiger partial charge in [-0.05, 0) is 12.1 Å². The molecule has 2 aromatic rings. The number of fused-ring (bicyclic) bond motifs is 1. The molecule has 0 amide bonds. The van der Waals surface area contributed by atoms with Gasteiger partial charge in [0.2, 0.25) is 12.0 Å². The minimum absolute atomic E-state index is 0.102. The molecule has 0 aliphatic heterocycles. The normalized spacial score (nSPS) is 12.9. The number of carbonyl (C=O) groups is 1. The Labute approximate surface area is 82.8 Å². The molecular formula is C9H6FNO4. The maximum absolute atomic E-state index is 12.7. The van der Waals surface area contributed by atoms with Crippen molar-refractivity contribution in [3.8, 4) is 0 Å². The average molecular weight is 211 g/mol. The van der Waals surface area contributed by atoms with Crippen LogP contribution in [-0.4, -0.2) is 21.2 Å². The lowest BCUT2D eigenvalue weighted by molar-refractivity contribution is -0.148. The summed E-state index contributed by atoms with van der Waals surface area (Å²) in [5.74, 6) is -2.35. The van der Waals surface area contributed by atoms with Crippen LogP contribution in [0, 0.1) is 5.82 Å². The zero-order chi connectivity index (χ0) is 11.0. The maximum atomic E-state index is 12.7. The van der Waals surface area contributed by atoms with Crippen molar-refractivity contribution < 1.29 is 23.8 Å². The molecule has 1 aromatic heterocycles. The number of aliphatic carboxylic acids is 1. The van der Waals surface area contributed by atoms with Gasteiger partial charge >= 0.3 is 5.97 Å². The van der Waals surface area contributed by atoms with Gasteiger partial charge in [-0.1, -0.05) is 0 Å². The first-order valence-electron chi connectivity index (χ1n) is 4.05. The van der Waals surface area contributed by atoms with Crippen LogP contribution in [0.25, 0.3) is 11.1 Å². The number of aliphatic hydroxyl groups is 1. The van der Waals surface area contributed by atoms with Crippen molar-refractivity contribution in [2.24, 2.45) is 0 Å². The Bertz CT molecular complexity index is 522. The predicted octanol–water partition coefficient (Wildman–Crippen LogP) is 1.08. The van der Waals surface area contributed by atoms with Gasteiger partial charge in [-0.25, -0.2) is 14.2 Å². The van der Waals surface area contributed by atoms with Gasteiger partial charge in [0, 0.05) is 6.07 Å². The molecule has 0 aliphatic carbocycles. The first-order valence-corrected chi connectivity index (χ1v) is 4.05. The Morgan fingerprint density at radius 1 is 1.53 bits per heavy atom. The summed E-state index contributed by atoms with van der Waals surface area (Å²) >= 11 is 0. The fraction of sp³-hybridized carbons (Fsp3) is 0.111. The van der Waals surface area contributed by atoms with E-state index >= 15 is 0 Å². The summed E-state index contributed by atoms with van der Waals surface area (Å²) in [6.45, 7) is 0. The van der Waals surface area contributed by atoms with Crippen LogP contribution in [0.4, 0.5) is 4.39 Å². The monoisotopic (exact) mass is 211 g/mol. The Morgan fingerprint density at radius 2 is 2.27 bits per heavy atom. The number of nitrogens with zero attached hydrogens (tertiary/aromatic N) is 1. The first-order chi connectivity index (χ1) is 7.08. The lowest BCUT2D eigenvalue weighted by Gasteiger charge is -1.96. The molecule has 0 saturated heterocycles. The second kappa shape index (κ2) is 3.32. The van der Waals surface area contributed by atoms with E-state index in [1.54, 1.807) is 0 Å². The highest BCUT2D eigenvalue weighted by molar-refractivity contribution is 5.76. The second-order valence-corrected chi connectivity index (χ2v) is 2.90. The number of aromatic nitrogens is 1. The van der Waals surface area contributed by atoms with Crippen LogP contribution in [0.5, 0.6) is 0 Å². The average Bonchev–Trinajstić information content (AvgIpc) is 2.58. The maximum Gasteiger partial charge on any atom is 0.342 e. The van der Waals surface area contributed by atoms with Crippen molar-refractivity contribution in [2.45, 2.75) is 6.10 Å². The summed E-state index contributed by atoms with van der Waals surface area (Å²) in [5, 5.41) is 17.6. The quantitative estimate of drug-likeness (QED) is 0.776. The topological polar surface area (TPSA) is 83.6 Å². The molecule has 5 nitrogen and oxygen atoms in total. The molecule has 0 aliphatic rings. The molecule has 2 N–H and O–H groups in total. The molecule has 6 heteroatoms. The van der Waals surface area contributed by atoms with E-state index in [0.29, 0.717) is 5.52 Å². The number of hydrogen-bond donors (Lipinski definition) is 2. The SMILES string of the molecule is O=C(O)C(O)c1nc2ccc(F)cc2o1. The second-order valence-electron chi connectivity index (χ2n) is 2.90. The number of carboxylic acids is 1. The van der Waals surface area contributed by atoms with Crippen molar-refractivity contribution in [3.05, 3.63) is 29.9 Å². The summed E-state index contributed by atoms with van der Waals surface area (Å²) in [4.78, 5) is 14.1. The summed E-state index contributed by atoms with van der Waals surface area (Å²) in [6.07, 6.45) is -1.83. The van der Waals surface area contributed by atoms with Crippen molar-refractivity contribution in [3.63, 3.8) is 0 Å². The highest BCUT2D eigenvalue weighted by Gasteiger charge is 2.22. The molecule has 0 spiro atoms. The number of halogens is 1. The zero-order valence-corrected chi connectivity index (χ0v) is 7.35. The molecule has 2 rings (SSSR count). The van der Waals surface area contributed by atoms with Gasteiger partial charge in [0.25, 0.3) is 0 Å². The number of carboxylic acid groups (broad SMARTS) is 1. The van der Waals surface area contributed by atoms with E-state index in [1.807, 2.05) is 0 Å². The van der Waals surface area contributed by atoms with E-state index in [2.05, 4.69) is 4.98 Å². The first kappa shape index (κ1) is 9.60. The van der Waals surface area contributed by atoms with E-state index in [4.69, 9.17) is 14.6 Å². The molecule has 1 aromatic carbocycles. The van der Waals surface area contributed by atoms with Crippen molar-refractivity contribution in [2.75, 3.05) is 0 Å². The molecule has 1 atom stereocenters. The number of aliphatic hydroxyl groups excluding tert-OH is 1. The van der Waals surface area contributed by atoms with Crippen LogP contribution in [0.2, 0.25) is 0 Å². The van der Waals surface area contributed by atoms with Crippen molar-refractivity contribution in [1.82, 2.24) is 4.98 Å². The van der Waals surface area contributed by atoms with E-state index in [1.165, 1.54) is 12.1 Å². The fourth-order valence-electron chi connectivity index (χ4n) is 1.14. The van der Waals surface area contributed by atoms with Crippen LogP contribution >= 0.6 is 0 Å². The molecule has 1 heterocycles. The molecular weight excluding hydrogens is 205 g/mol. The van der Waals surface area contributed by atoms with Gasteiger partial charge in [-0.2, -0.15) is 0 Å². The van der Waals surface area contributed by atoms with Gasteiger partial charge in [0.05, 0.1) is 0 Å². The zero-order valence-electron chi connectivity index (χ0n) is 7.35. The van der Waals surface area contributed by atoms with Crippen molar-refractivity contribution >= 4 is 17.1 Å². The number of hydrogen-bond acceptors (Lipinski definition) is 4. The molecule has 78 valence electrons.